The Kier molecular flexibility index (Phi) is 4.02. The Morgan fingerprint density at radius 1 is 1.33 bits per heavy atom. The average Bonchev–Trinajstić information content (AvgIpc) is 2.71. The summed E-state index contributed by atoms with van der Waals surface area (Å²) in [5, 5.41) is 18.5. The van der Waals surface area contributed by atoms with Crippen molar-refractivity contribution in [1.29, 1.82) is 0 Å². The topological polar surface area (TPSA) is 77.0 Å². The lowest BCUT2D eigenvalue weighted by atomic mass is 9.94. The summed E-state index contributed by atoms with van der Waals surface area (Å²) >= 11 is 0. The molecule has 1 heterocycles. The molecule has 0 amide bonds. The monoisotopic (exact) mass is 252 g/mol. The van der Waals surface area contributed by atoms with Gasteiger partial charge in [-0.3, -0.25) is 0 Å². The van der Waals surface area contributed by atoms with Crippen molar-refractivity contribution in [3.8, 4) is 0 Å². The fourth-order valence-electron chi connectivity index (χ4n) is 2.76. The number of rotatable bonds is 4. The Hall–Kier alpha value is -0.940. The zero-order chi connectivity index (χ0) is 13.2. The molecule has 0 aromatic carbocycles. The second-order valence-corrected chi connectivity index (χ2v) is 5.70. The molecule has 1 atom stereocenters. The minimum absolute atomic E-state index is 0.240. The largest absolute Gasteiger partial charge is 0.388 e. The van der Waals surface area contributed by atoms with Gasteiger partial charge in [0, 0.05) is 19.0 Å². The predicted octanol–water partition coefficient (Wildman–Crippen LogP) is 1.34. The van der Waals surface area contributed by atoms with Gasteiger partial charge in [-0.2, -0.15) is 0 Å². The fourth-order valence-corrected chi connectivity index (χ4v) is 2.76. The maximum atomic E-state index is 10.1. The minimum Gasteiger partial charge on any atom is -0.388 e. The Balaban J connectivity index is 2.21. The smallest absolute Gasteiger partial charge is 0.136 e. The van der Waals surface area contributed by atoms with Gasteiger partial charge in [0.2, 0.25) is 0 Å². The number of nitrogens with zero attached hydrogens (tertiary/aromatic N) is 3. The number of nitrogens with two attached hydrogens (primary N) is 1. The van der Waals surface area contributed by atoms with E-state index in [2.05, 4.69) is 14.8 Å². The van der Waals surface area contributed by atoms with Gasteiger partial charge in [-0.1, -0.05) is 19.3 Å². The first-order valence-corrected chi connectivity index (χ1v) is 6.86. The maximum Gasteiger partial charge on any atom is 0.136 e. The van der Waals surface area contributed by atoms with Crippen LogP contribution >= 0.6 is 0 Å². The SMILES string of the molecule is Cc1nnc(CC(C)(O)CN)n1C1CCCCC1. The van der Waals surface area contributed by atoms with Gasteiger partial charge in [0.15, 0.2) is 0 Å². The highest BCUT2D eigenvalue weighted by Crippen LogP contribution is 2.30. The Bertz CT molecular complexity index is 394. The van der Waals surface area contributed by atoms with Crippen molar-refractivity contribution in [3.05, 3.63) is 11.6 Å². The molecule has 1 fully saturated rings. The summed E-state index contributed by atoms with van der Waals surface area (Å²) in [6.45, 7) is 3.98. The van der Waals surface area contributed by atoms with Crippen LogP contribution in [0.4, 0.5) is 0 Å². The molecule has 0 spiro atoms. The molecule has 0 bridgehead atoms. The summed E-state index contributed by atoms with van der Waals surface area (Å²) < 4.78 is 2.21. The number of aliphatic hydroxyl groups is 1. The standard InChI is InChI=1S/C13H24N4O/c1-10-15-16-12(8-13(2,18)9-14)17(10)11-6-4-3-5-7-11/h11,18H,3-9,14H2,1-2H3. The summed E-state index contributed by atoms with van der Waals surface area (Å²) in [5.41, 5.74) is 4.69. The van der Waals surface area contributed by atoms with E-state index in [9.17, 15) is 5.11 Å². The molecular weight excluding hydrogens is 228 g/mol. The van der Waals surface area contributed by atoms with Gasteiger partial charge in [0.25, 0.3) is 0 Å². The zero-order valence-corrected chi connectivity index (χ0v) is 11.4. The summed E-state index contributed by atoms with van der Waals surface area (Å²) in [6, 6.07) is 0.498. The van der Waals surface area contributed by atoms with E-state index in [-0.39, 0.29) is 6.54 Å². The number of aromatic nitrogens is 3. The van der Waals surface area contributed by atoms with Crippen LogP contribution in [0.1, 0.15) is 56.7 Å². The lowest BCUT2D eigenvalue weighted by Crippen LogP contribution is -2.37. The van der Waals surface area contributed by atoms with Gasteiger partial charge in [0.1, 0.15) is 11.6 Å². The van der Waals surface area contributed by atoms with Crippen LogP contribution in [0.15, 0.2) is 0 Å². The molecule has 2 rings (SSSR count). The zero-order valence-electron chi connectivity index (χ0n) is 11.4. The second kappa shape index (κ2) is 5.36. The maximum absolute atomic E-state index is 10.1. The minimum atomic E-state index is -0.897. The molecule has 1 aromatic rings. The molecule has 5 heteroatoms. The first-order valence-electron chi connectivity index (χ1n) is 6.86. The molecule has 1 aliphatic rings. The quantitative estimate of drug-likeness (QED) is 0.848. The molecule has 18 heavy (non-hydrogen) atoms. The van der Waals surface area contributed by atoms with Gasteiger partial charge in [-0.15, -0.1) is 10.2 Å². The van der Waals surface area contributed by atoms with Crippen LogP contribution in [0, 0.1) is 6.92 Å². The molecule has 1 unspecified atom stereocenters. The highest BCUT2D eigenvalue weighted by atomic mass is 16.3. The van der Waals surface area contributed by atoms with Gasteiger partial charge in [-0.25, -0.2) is 0 Å². The van der Waals surface area contributed by atoms with Gasteiger partial charge in [-0.05, 0) is 26.7 Å². The van der Waals surface area contributed by atoms with E-state index >= 15 is 0 Å². The van der Waals surface area contributed by atoms with Crippen molar-refractivity contribution in [2.45, 2.75) is 64.0 Å². The lowest BCUT2D eigenvalue weighted by molar-refractivity contribution is 0.0658. The van der Waals surface area contributed by atoms with E-state index in [1.54, 1.807) is 6.92 Å². The Morgan fingerprint density at radius 3 is 2.61 bits per heavy atom. The van der Waals surface area contributed by atoms with E-state index in [4.69, 9.17) is 5.73 Å². The molecule has 0 aliphatic heterocycles. The van der Waals surface area contributed by atoms with E-state index in [0.717, 1.165) is 11.6 Å². The van der Waals surface area contributed by atoms with Crippen molar-refractivity contribution in [2.75, 3.05) is 6.54 Å². The van der Waals surface area contributed by atoms with Crippen LogP contribution in [-0.2, 0) is 6.42 Å². The second-order valence-electron chi connectivity index (χ2n) is 5.70. The molecule has 0 radical (unpaired) electrons. The third-order valence-corrected chi connectivity index (χ3v) is 3.86. The molecule has 1 aliphatic carbocycles. The van der Waals surface area contributed by atoms with E-state index < -0.39 is 5.60 Å². The molecular formula is C13H24N4O. The molecule has 0 saturated heterocycles. The predicted molar refractivity (Wildman–Crippen MR) is 70.3 cm³/mol. The van der Waals surface area contributed by atoms with Gasteiger partial charge < -0.3 is 15.4 Å². The fraction of sp³-hybridized carbons (Fsp3) is 0.846. The highest BCUT2D eigenvalue weighted by molar-refractivity contribution is 5.02. The van der Waals surface area contributed by atoms with Crippen molar-refractivity contribution in [1.82, 2.24) is 14.8 Å². The van der Waals surface area contributed by atoms with Crippen LogP contribution < -0.4 is 5.73 Å². The molecule has 1 saturated carbocycles. The summed E-state index contributed by atoms with van der Waals surface area (Å²) in [7, 11) is 0. The van der Waals surface area contributed by atoms with Crippen molar-refractivity contribution in [3.63, 3.8) is 0 Å². The van der Waals surface area contributed by atoms with Crippen LogP contribution in [0.25, 0.3) is 0 Å². The summed E-state index contributed by atoms with van der Waals surface area (Å²) in [4.78, 5) is 0. The number of hydrogen-bond donors (Lipinski definition) is 2. The highest BCUT2D eigenvalue weighted by Gasteiger charge is 2.26. The number of hydrogen-bond acceptors (Lipinski definition) is 4. The molecule has 5 nitrogen and oxygen atoms in total. The van der Waals surface area contributed by atoms with Gasteiger partial charge >= 0.3 is 0 Å². The summed E-state index contributed by atoms with van der Waals surface area (Å²) in [6.07, 6.45) is 6.73. The normalized spacial score (nSPS) is 20.9. The van der Waals surface area contributed by atoms with Crippen molar-refractivity contribution in [2.24, 2.45) is 5.73 Å². The van der Waals surface area contributed by atoms with Gasteiger partial charge in [0.05, 0.1) is 5.60 Å². The van der Waals surface area contributed by atoms with Crippen LogP contribution in [0.5, 0.6) is 0 Å². The van der Waals surface area contributed by atoms with Crippen molar-refractivity contribution < 1.29 is 5.11 Å². The van der Waals surface area contributed by atoms with Crippen LogP contribution in [0.3, 0.4) is 0 Å². The first-order chi connectivity index (χ1) is 8.53. The van der Waals surface area contributed by atoms with Crippen LogP contribution in [-0.4, -0.2) is 32.0 Å². The third-order valence-electron chi connectivity index (χ3n) is 3.86. The molecule has 3 N–H and O–H groups in total. The Morgan fingerprint density at radius 2 is 2.00 bits per heavy atom. The summed E-state index contributed by atoms with van der Waals surface area (Å²) in [5.74, 6) is 1.82. The third kappa shape index (κ3) is 2.90. The average molecular weight is 252 g/mol. The lowest BCUT2D eigenvalue weighted by Gasteiger charge is -2.27. The van der Waals surface area contributed by atoms with Crippen LogP contribution in [0.2, 0.25) is 0 Å². The van der Waals surface area contributed by atoms with E-state index in [1.807, 2.05) is 6.92 Å². The van der Waals surface area contributed by atoms with Crippen molar-refractivity contribution >= 4 is 0 Å². The Labute approximate surface area is 108 Å². The van der Waals surface area contributed by atoms with E-state index in [0.29, 0.717) is 12.5 Å². The molecule has 102 valence electrons. The number of aryl methyl sites for hydroxylation is 1. The first kappa shape index (κ1) is 13.5. The van der Waals surface area contributed by atoms with E-state index in [1.165, 1.54) is 32.1 Å². The molecule has 1 aromatic heterocycles.